The Morgan fingerprint density at radius 3 is 3.07 bits per heavy atom. The van der Waals surface area contributed by atoms with E-state index in [4.69, 9.17) is 12.2 Å². The summed E-state index contributed by atoms with van der Waals surface area (Å²) < 4.78 is 2.52. The summed E-state index contributed by atoms with van der Waals surface area (Å²) in [7, 11) is 0. The molecule has 76 valence electrons. The first-order chi connectivity index (χ1) is 6.72. The van der Waals surface area contributed by atoms with Crippen molar-refractivity contribution in [1.82, 2.24) is 20.1 Å². The predicted octanol–water partition coefficient (Wildman–Crippen LogP) is 0.912. The van der Waals surface area contributed by atoms with Gasteiger partial charge in [0, 0.05) is 13.0 Å². The van der Waals surface area contributed by atoms with Crippen LogP contribution < -0.4 is 5.32 Å². The van der Waals surface area contributed by atoms with Gasteiger partial charge in [0.15, 0.2) is 10.6 Å². The number of nitrogens with one attached hydrogen (secondary N) is 2. The van der Waals surface area contributed by atoms with Gasteiger partial charge in [0.2, 0.25) is 5.91 Å². The molecule has 1 aromatic rings. The predicted molar refractivity (Wildman–Crippen MR) is 53.2 cm³/mol. The summed E-state index contributed by atoms with van der Waals surface area (Å²) in [6, 6.07) is 0.0235. The lowest BCUT2D eigenvalue weighted by molar-refractivity contribution is -0.119. The van der Waals surface area contributed by atoms with E-state index in [1.807, 2.05) is 11.5 Å². The molecule has 0 spiro atoms. The molecule has 2 rings (SSSR count). The van der Waals surface area contributed by atoms with Crippen LogP contribution in [0.4, 0.5) is 0 Å². The van der Waals surface area contributed by atoms with Crippen LogP contribution in [0.5, 0.6) is 0 Å². The second-order valence-electron chi connectivity index (χ2n) is 3.29. The van der Waals surface area contributed by atoms with Crippen LogP contribution in [-0.4, -0.2) is 20.7 Å². The molecular weight excluding hydrogens is 200 g/mol. The molecule has 0 aromatic carbocycles. The van der Waals surface area contributed by atoms with Crippen LogP contribution >= 0.6 is 12.2 Å². The van der Waals surface area contributed by atoms with E-state index in [0.29, 0.717) is 11.2 Å². The van der Waals surface area contributed by atoms with Gasteiger partial charge in [-0.15, -0.1) is 0 Å². The lowest BCUT2D eigenvalue weighted by atomic mass is 10.2. The Balaban J connectivity index is 2.32. The van der Waals surface area contributed by atoms with Gasteiger partial charge in [-0.1, -0.05) is 0 Å². The molecule has 1 unspecified atom stereocenters. The third kappa shape index (κ3) is 1.45. The first-order valence-corrected chi connectivity index (χ1v) is 5.07. The van der Waals surface area contributed by atoms with Crippen molar-refractivity contribution in [3.63, 3.8) is 0 Å². The van der Waals surface area contributed by atoms with Gasteiger partial charge in [-0.2, -0.15) is 5.10 Å². The van der Waals surface area contributed by atoms with Crippen LogP contribution in [0.25, 0.3) is 0 Å². The van der Waals surface area contributed by atoms with Crippen molar-refractivity contribution in [2.24, 2.45) is 0 Å². The number of amides is 1. The Bertz CT molecular complexity index is 408. The summed E-state index contributed by atoms with van der Waals surface area (Å²) in [5.74, 6) is 0.926. The van der Waals surface area contributed by atoms with Crippen LogP contribution in [0.3, 0.4) is 0 Å². The Kier molecular flexibility index (Phi) is 2.37. The van der Waals surface area contributed by atoms with Crippen LogP contribution in [0.1, 0.15) is 31.6 Å². The van der Waals surface area contributed by atoms with Gasteiger partial charge >= 0.3 is 0 Å². The number of H-pyrrole nitrogens is 1. The van der Waals surface area contributed by atoms with Gasteiger partial charge < -0.3 is 9.88 Å². The molecule has 0 bridgehead atoms. The average molecular weight is 212 g/mol. The van der Waals surface area contributed by atoms with E-state index in [9.17, 15) is 4.79 Å². The van der Waals surface area contributed by atoms with E-state index < -0.39 is 0 Å². The molecule has 14 heavy (non-hydrogen) atoms. The van der Waals surface area contributed by atoms with E-state index in [2.05, 4.69) is 15.5 Å². The Morgan fingerprint density at radius 1 is 1.71 bits per heavy atom. The molecule has 1 aromatic heterocycles. The number of hydrogen-bond donors (Lipinski definition) is 2. The molecule has 1 saturated heterocycles. The Labute approximate surface area is 86.5 Å². The second kappa shape index (κ2) is 3.53. The zero-order chi connectivity index (χ0) is 10.1. The maximum absolute atomic E-state index is 11.0. The summed E-state index contributed by atoms with van der Waals surface area (Å²) in [6.45, 7) is 2.78. The lowest BCUT2D eigenvalue weighted by Gasteiger charge is -2.09. The highest BCUT2D eigenvalue weighted by Crippen LogP contribution is 2.21. The number of hydrogen-bond acceptors (Lipinski definition) is 3. The molecule has 0 saturated carbocycles. The van der Waals surface area contributed by atoms with Crippen molar-refractivity contribution in [2.75, 3.05) is 0 Å². The average Bonchev–Trinajstić information content (AvgIpc) is 2.71. The van der Waals surface area contributed by atoms with Gasteiger partial charge in [-0.05, 0) is 25.6 Å². The maximum atomic E-state index is 11.0. The fraction of sp³-hybridized carbons (Fsp3) is 0.625. The van der Waals surface area contributed by atoms with E-state index in [1.165, 1.54) is 0 Å². The molecule has 5 nitrogen and oxygen atoms in total. The molecule has 0 radical (unpaired) electrons. The van der Waals surface area contributed by atoms with Crippen molar-refractivity contribution < 1.29 is 4.79 Å². The van der Waals surface area contributed by atoms with Crippen molar-refractivity contribution >= 4 is 18.1 Å². The van der Waals surface area contributed by atoms with E-state index >= 15 is 0 Å². The third-order valence-corrected chi connectivity index (χ3v) is 2.72. The number of aromatic amines is 1. The minimum absolute atomic E-state index is 0.0235. The molecule has 2 N–H and O–H groups in total. The Hall–Kier alpha value is -1.17. The molecular formula is C8H12N4OS. The largest absolute Gasteiger partial charge is 0.346 e. The third-order valence-electron chi connectivity index (χ3n) is 2.41. The monoisotopic (exact) mass is 212 g/mol. The highest BCUT2D eigenvalue weighted by molar-refractivity contribution is 7.71. The molecule has 1 aliphatic heterocycles. The molecule has 1 aliphatic rings. The van der Waals surface area contributed by atoms with Crippen LogP contribution in [0, 0.1) is 4.77 Å². The smallest absolute Gasteiger partial charge is 0.220 e. The van der Waals surface area contributed by atoms with Gasteiger partial charge in [-0.25, -0.2) is 0 Å². The van der Waals surface area contributed by atoms with E-state index in [1.54, 1.807) is 0 Å². The highest BCUT2D eigenvalue weighted by atomic mass is 32.1. The minimum atomic E-state index is 0.0235. The molecule has 6 heteroatoms. The first-order valence-electron chi connectivity index (χ1n) is 4.67. The maximum Gasteiger partial charge on any atom is 0.220 e. The number of carbonyl (C=O) groups excluding carboxylic acids is 1. The van der Waals surface area contributed by atoms with Crippen LogP contribution in [0.2, 0.25) is 0 Å². The summed E-state index contributed by atoms with van der Waals surface area (Å²) in [5, 5.41) is 9.75. The quantitative estimate of drug-likeness (QED) is 0.716. The molecule has 1 atom stereocenters. The molecule has 0 aliphatic carbocycles. The van der Waals surface area contributed by atoms with E-state index in [-0.39, 0.29) is 11.9 Å². The van der Waals surface area contributed by atoms with Gasteiger partial charge in [-0.3, -0.25) is 9.89 Å². The fourth-order valence-electron chi connectivity index (χ4n) is 1.71. The van der Waals surface area contributed by atoms with Gasteiger partial charge in [0.05, 0.1) is 6.04 Å². The summed E-state index contributed by atoms with van der Waals surface area (Å²) in [6.07, 6.45) is 1.38. The number of rotatable bonds is 2. The molecule has 1 amide bonds. The topological polar surface area (TPSA) is 62.7 Å². The summed E-state index contributed by atoms with van der Waals surface area (Å²) in [5.41, 5.74) is 0. The van der Waals surface area contributed by atoms with Gasteiger partial charge in [0.25, 0.3) is 0 Å². The lowest BCUT2D eigenvalue weighted by Crippen LogP contribution is -2.21. The van der Waals surface area contributed by atoms with Crippen molar-refractivity contribution in [3.05, 3.63) is 10.6 Å². The zero-order valence-electron chi connectivity index (χ0n) is 7.91. The number of carbonyl (C=O) groups is 1. The highest BCUT2D eigenvalue weighted by Gasteiger charge is 2.26. The fourth-order valence-corrected chi connectivity index (χ4v) is 1.98. The first kappa shape index (κ1) is 9.39. The standard InChI is InChI=1S/C8H12N4OS/c1-2-12-7(10-11-8(12)14)5-3-4-6(13)9-5/h5H,2-4H2,1H3,(H,9,13)(H,11,14). The van der Waals surface area contributed by atoms with Crippen molar-refractivity contribution in [1.29, 1.82) is 0 Å². The van der Waals surface area contributed by atoms with Gasteiger partial charge in [0.1, 0.15) is 0 Å². The van der Waals surface area contributed by atoms with E-state index in [0.717, 1.165) is 18.8 Å². The summed E-state index contributed by atoms with van der Waals surface area (Å²) in [4.78, 5) is 11.0. The van der Waals surface area contributed by atoms with Crippen LogP contribution in [-0.2, 0) is 11.3 Å². The minimum Gasteiger partial charge on any atom is -0.346 e. The van der Waals surface area contributed by atoms with Crippen molar-refractivity contribution in [3.8, 4) is 0 Å². The number of nitrogens with zero attached hydrogens (tertiary/aromatic N) is 2. The normalized spacial score (nSPS) is 21.2. The Morgan fingerprint density at radius 2 is 2.50 bits per heavy atom. The van der Waals surface area contributed by atoms with Crippen molar-refractivity contribution in [2.45, 2.75) is 32.4 Å². The molecule has 1 fully saturated rings. The second-order valence-corrected chi connectivity index (χ2v) is 3.68. The zero-order valence-corrected chi connectivity index (χ0v) is 8.73. The number of aromatic nitrogens is 3. The summed E-state index contributed by atoms with van der Waals surface area (Å²) >= 11 is 5.07. The van der Waals surface area contributed by atoms with Crippen LogP contribution in [0.15, 0.2) is 0 Å². The molecule has 2 heterocycles. The SMILES string of the molecule is CCn1c(C2CCC(=O)N2)n[nH]c1=S.